The second kappa shape index (κ2) is 4.33. The lowest BCUT2D eigenvalue weighted by atomic mass is 10.1. The van der Waals surface area contributed by atoms with Crippen molar-refractivity contribution in [1.29, 1.82) is 0 Å². The maximum Gasteiger partial charge on any atom is 0.252 e. The zero-order chi connectivity index (χ0) is 13.7. The number of anilines is 1. The van der Waals surface area contributed by atoms with E-state index in [-0.39, 0.29) is 23.9 Å². The van der Waals surface area contributed by atoms with Crippen LogP contribution in [0.25, 0.3) is 0 Å². The molecule has 2 fully saturated rings. The first kappa shape index (κ1) is 11.9. The van der Waals surface area contributed by atoms with Gasteiger partial charge in [0.2, 0.25) is 5.91 Å². The summed E-state index contributed by atoms with van der Waals surface area (Å²) in [6, 6.07) is 6.12. The predicted molar refractivity (Wildman–Crippen MR) is 75.4 cm³/mol. The van der Waals surface area contributed by atoms with E-state index in [1.165, 1.54) is 22.4 Å². The molecule has 4 heteroatoms. The molecule has 0 radical (unpaired) electrons. The first-order valence-corrected chi connectivity index (χ1v) is 7.46. The smallest absolute Gasteiger partial charge is 0.252 e. The molecule has 2 aliphatic carbocycles. The molecule has 1 N–H and O–H groups in total. The molecule has 104 valence electrons. The normalized spacial score (nSPS) is 25.2. The Morgan fingerprint density at radius 3 is 2.70 bits per heavy atom. The van der Waals surface area contributed by atoms with Crippen molar-refractivity contribution in [1.82, 2.24) is 4.90 Å². The number of nitrogens with one attached hydrogen (secondary N) is 1. The van der Waals surface area contributed by atoms with Crippen molar-refractivity contribution in [2.24, 2.45) is 0 Å². The summed E-state index contributed by atoms with van der Waals surface area (Å²) >= 11 is 0. The van der Waals surface area contributed by atoms with Gasteiger partial charge in [-0.2, -0.15) is 0 Å². The fourth-order valence-electron chi connectivity index (χ4n) is 3.34. The highest BCUT2D eigenvalue weighted by Crippen LogP contribution is 2.33. The molecule has 3 aliphatic rings. The maximum atomic E-state index is 12.3. The van der Waals surface area contributed by atoms with Gasteiger partial charge < -0.3 is 5.32 Å². The Bertz CT molecular complexity index is 592. The summed E-state index contributed by atoms with van der Waals surface area (Å²) in [5.41, 5.74) is 3.77. The summed E-state index contributed by atoms with van der Waals surface area (Å²) in [5.74, 6) is -0.0610. The minimum Gasteiger partial charge on any atom is -0.373 e. The Morgan fingerprint density at radius 1 is 1.10 bits per heavy atom. The van der Waals surface area contributed by atoms with Gasteiger partial charge in [0.05, 0.1) is 6.42 Å². The molecule has 0 bridgehead atoms. The first-order chi connectivity index (χ1) is 9.72. The molecule has 1 heterocycles. The Balaban J connectivity index is 1.52. The Morgan fingerprint density at radius 2 is 1.90 bits per heavy atom. The van der Waals surface area contributed by atoms with Crippen LogP contribution in [0.1, 0.15) is 36.8 Å². The SMILES string of the molecule is O=C1C[C@@H](Nc2ccc3c(c2)CCC3)C(=O)N1C1CC1. The average Bonchev–Trinajstić information content (AvgIpc) is 3.07. The molecule has 1 saturated heterocycles. The minimum atomic E-state index is -0.373. The highest BCUT2D eigenvalue weighted by Gasteiger charge is 2.46. The standard InChI is InChI=1S/C16H18N2O2/c19-15-9-14(16(20)18(15)13-6-7-13)17-12-5-4-10-2-1-3-11(10)8-12/h4-5,8,13-14,17H,1-3,6-7,9H2/t14-/m1/s1. The van der Waals surface area contributed by atoms with Gasteiger partial charge in [0.25, 0.3) is 5.91 Å². The van der Waals surface area contributed by atoms with Gasteiger partial charge in [-0.3, -0.25) is 14.5 Å². The van der Waals surface area contributed by atoms with E-state index >= 15 is 0 Å². The highest BCUT2D eigenvalue weighted by atomic mass is 16.2. The van der Waals surface area contributed by atoms with Gasteiger partial charge >= 0.3 is 0 Å². The van der Waals surface area contributed by atoms with Crippen LogP contribution in [0.4, 0.5) is 5.69 Å². The third-order valence-corrected chi connectivity index (χ3v) is 4.53. The van der Waals surface area contributed by atoms with E-state index < -0.39 is 0 Å². The van der Waals surface area contributed by atoms with Gasteiger partial charge in [0.15, 0.2) is 0 Å². The number of hydrogen-bond acceptors (Lipinski definition) is 3. The summed E-state index contributed by atoms with van der Waals surface area (Å²) in [7, 11) is 0. The maximum absolute atomic E-state index is 12.3. The minimum absolute atomic E-state index is 0.0174. The van der Waals surface area contributed by atoms with Crippen molar-refractivity contribution in [2.45, 2.75) is 50.6 Å². The van der Waals surface area contributed by atoms with E-state index in [1.807, 2.05) is 6.07 Å². The molecule has 1 aromatic rings. The molecule has 20 heavy (non-hydrogen) atoms. The zero-order valence-electron chi connectivity index (χ0n) is 11.4. The van der Waals surface area contributed by atoms with Crippen LogP contribution in [-0.2, 0) is 22.4 Å². The topological polar surface area (TPSA) is 49.4 Å². The van der Waals surface area contributed by atoms with Crippen LogP contribution in [0, 0.1) is 0 Å². The van der Waals surface area contributed by atoms with Gasteiger partial charge in [-0.05, 0) is 55.4 Å². The number of benzene rings is 1. The highest BCUT2D eigenvalue weighted by molar-refractivity contribution is 6.07. The molecule has 1 aromatic carbocycles. The van der Waals surface area contributed by atoms with Crippen molar-refractivity contribution < 1.29 is 9.59 Å². The zero-order valence-corrected chi connectivity index (χ0v) is 11.4. The molecule has 0 spiro atoms. The van der Waals surface area contributed by atoms with E-state index in [4.69, 9.17) is 0 Å². The Labute approximate surface area is 118 Å². The molecular weight excluding hydrogens is 252 g/mol. The van der Waals surface area contributed by atoms with Crippen molar-refractivity contribution >= 4 is 17.5 Å². The number of fused-ring (bicyclic) bond motifs is 1. The quantitative estimate of drug-likeness (QED) is 0.853. The Kier molecular flexibility index (Phi) is 2.59. The molecular formula is C16H18N2O2. The van der Waals surface area contributed by atoms with Crippen LogP contribution in [0.5, 0.6) is 0 Å². The van der Waals surface area contributed by atoms with Crippen molar-refractivity contribution in [3.05, 3.63) is 29.3 Å². The summed E-state index contributed by atoms with van der Waals surface area (Å²) in [5, 5.41) is 3.25. The average molecular weight is 270 g/mol. The number of carbonyl (C=O) groups is 2. The summed E-state index contributed by atoms with van der Waals surface area (Å²) < 4.78 is 0. The van der Waals surface area contributed by atoms with Crippen LogP contribution in [0.15, 0.2) is 18.2 Å². The Hall–Kier alpha value is -1.84. The van der Waals surface area contributed by atoms with Crippen LogP contribution in [0.2, 0.25) is 0 Å². The number of rotatable bonds is 3. The second-order valence-electron chi connectivity index (χ2n) is 6.07. The summed E-state index contributed by atoms with van der Waals surface area (Å²) in [6.45, 7) is 0. The van der Waals surface area contributed by atoms with Gasteiger partial charge in [-0.15, -0.1) is 0 Å². The monoisotopic (exact) mass is 270 g/mol. The number of likely N-dealkylation sites (tertiary alicyclic amines) is 1. The number of hydrogen-bond donors (Lipinski definition) is 1. The van der Waals surface area contributed by atoms with Crippen LogP contribution in [0.3, 0.4) is 0 Å². The predicted octanol–water partition coefficient (Wildman–Crippen LogP) is 1.88. The largest absolute Gasteiger partial charge is 0.373 e. The number of carbonyl (C=O) groups excluding carboxylic acids is 2. The number of amides is 2. The summed E-state index contributed by atoms with van der Waals surface area (Å²) in [6.07, 6.45) is 5.75. The molecule has 0 aromatic heterocycles. The van der Waals surface area contributed by atoms with Gasteiger partial charge in [-0.1, -0.05) is 6.07 Å². The molecule has 1 atom stereocenters. The van der Waals surface area contributed by atoms with Crippen LogP contribution < -0.4 is 5.32 Å². The van der Waals surface area contributed by atoms with Gasteiger partial charge in [0, 0.05) is 11.7 Å². The third-order valence-electron chi connectivity index (χ3n) is 4.53. The van der Waals surface area contributed by atoms with E-state index in [0.29, 0.717) is 6.42 Å². The number of imide groups is 1. The van der Waals surface area contributed by atoms with Crippen LogP contribution >= 0.6 is 0 Å². The van der Waals surface area contributed by atoms with Crippen LogP contribution in [-0.4, -0.2) is 28.8 Å². The van der Waals surface area contributed by atoms with E-state index in [1.54, 1.807) is 0 Å². The molecule has 1 aliphatic heterocycles. The van der Waals surface area contributed by atoms with Crippen molar-refractivity contribution in [3.8, 4) is 0 Å². The molecule has 4 nitrogen and oxygen atoms in total. The third kappa shape index (κ3) is 1.90. The van der Waals surface area contributed by atoms with E-state index in [2.05, 4.69) is 17.4 Å². The van der Waals surface area contributed by atoms with Gasteiger partial charge in [0.1, 0.15) is 6.04 Å². The van der Waals surface area contributed by atoms with Gasteiger partial charge in [-0.25, -0.2) is 0 Å². The van der Waals surface area contributed by atoms with Crippen molar-refractivity contribution in [3.63, 3.8) is 0 Å². The lowest BCUT2D eigenvalue weighted by Gasteiger charge is -2.15. The van der Waals surface area contributed by atoms with E-state index in [0.717, 1.165) is 31.4 Å². The second-order valence-corrected chi connectivity index (χ2v) is 6.07. The number of aryl methyl sites for hydroxylation is 2. The molecule has 1 saturated carbocycles. The fraction of sp³-hybridized carbons (Fsp3) is 0.500. The van der Waals surface area contributed by atoms with E-state index in [9.17, 15) is 9.59 Å². The molecule has 0 unspecified atom stereocenters. The molecule has 2 amide bonds. The lowest BCUT2D eigenvalue weighted by Crippen LogP contribution is -2.36. The first-order valence-electron chi connectivity index (χ1n) is 7.46. The fourth-order valence-corrected chi connectivity index (χ4v) is 3.34. The lowest BCUT2D eigenvalue weighted by molar-refractivity contribution is -0.139. The molecule has 4 rings (SSSR count). The summed E-state index contributed by atoms with van der Waals surface area (Å²) in [4.78, 5) is 25.7. The van der Waals surface area contributed by atoms with Crippen molar-refractivity contribution in [2.75, 3.05) is 5.32 Å². The number of nitrogens with zero attached hydrogens (tertiary/aromatic N) is 1.